The second-order valence-corrected chi connectivity index (χ2v) is 7.45. The molecule has 7 heteroatoms. The summed E-state index contributed by atoms with van der Waals surface area (Å²) in [6.07, 6.45) is 4.25. The lowest BCUT2D eigenvalue weighted by Crippen LogP contribution is -2.38. The predicted molar refractivity (Wildman–Crippen MR) is 111 cm³/mol. The van der Waals surface area contributed by atoms with Crippen molar-refractivity contribution in [2.45, 2.75) is 38.8 Å². The number of methoxy groups -OCH3 is 1. The maximum absolute atomic E-state index is 12.8. The summed E-state index contributed by atoms with van der Waals surface area (Å²) in [4.78, 5) is 26.9. The second kappa shape index (κ2) is 9.52. The van der Waals surface area contributed by atoms with E-state index in [0.717, 1.165) is 24.0 Å². The number of hydrogen-bond acceptors (Lipinski definition) is 4. The van der Waals surface area contributed by atoms with Crippen LogP contribution in [-0.4, -0.2) is 46.7 Å². The highest BCUT2D eigenvalue weighted by molar-refractivity contribution is 5.94. The highest BCUT2D eigenvalue weighted by Gasteiger charge is 2.26. The van der Waals surface area contributed by atoms with Crippen LogP contribution in [0.15, 0.2) is 54.2 Å². The molecule has 2 amide bonds. The largest absolute Gasteiger partial charge is 0.367 e. The number of aromatic nitrogens is 2. The molecule has 2 aromatic rings. The van der Waals surface area contributed by atoms with Crippen molar-refractivity contribution in [3.05, 3.63) is 59.8 Å². The standard InChI is InChI=1S/C22H28N4O3/c1-16(2)15-20(27)25-13-10-18(11-14-25)26-19(9-12-23-26)24-22(28)21(29-3)17-7-5-4-6-8-17/h4-9,12,15,18,21H,10-11,13-14H2,1-3H3,(H,24,28)/t21-/m1/s1. The molecule has 1 aromatic carbocycles. The van der Waals surface area contributed by atoms with Gasteiger partial charge >= 0.3 is 0 Å². The van der Waals surface area contributed by atoms with Gasteiger partial charge in [0.2, 0.25) is 5.91 Å². The van der Waals surface area contributed by atoms with Crippen molar-refractivity contribution < 1.29 is 14.3 Å². The van der Waals surface area contributed by atoms with Crippen molar-refractivity contribution in [2.75, 3.05) is 25.5 Å². The van der Waals surface area contributed by atoms with E-state index in [4.69, 9.17) is 4.74 Å². The molecule has 0 radical (unpaired) electrons. The Morgan fingerprint density at radius 3 is 2.48 bits per heavy atom. The predicted octanol–water partition coefficient (Wildman–Crippen LogP) is 3.34. The molecular weight excluding hydrogens is 368 g/mol. The van der Waals surface area contributed by atoms with Crippen LogP contribution in [0, 0.1) is 0 Å². The average Bonchev–Trinajstić information content (AvgIpc) is 3.17. The topological polar surface area (TPSA) is 76.5 Å². The number of carbonyl (C=O) groups excluding carboxylic acids is 2. The maximum Gasteiger partial charge on any atom is 0.259 e. The van der Waals surface area contributed by atoms with E-state index >= 15 is 0 Å². The van der Waals surface area contributed by atoms with Gasteiger partial charge in [-0.15, -0.1) is 0 Å². The van der Waals surface area contributed by atoms with Crippen LogP contribution in [0.2, 0.25) is 0 Å². The zero-order chi connectivity index (χ0) is 20.8. The summed E-state index contributed by atoms with van der Waals surface area (Å²) in [7, 11) is 1.52. The van der Waals surface area contributed by atoms with Crippen molar-refractivity contribution in [1.82, 2.24) is 14.7 Å². The highest BCUT2D eigenvalue weighted by Crippen LogP contribution is 2.27. The zero-order valence-corrected chi connectivity index (χ0v) is 17.2. The van der Waals surface area contributed by atoms with Gasteiger partial charge in [-0.3, -0.25) is 9.59 Å². The molecule has 0 saturated carbocycles. The van der Waals surface area contributed by atoms with Crippen molar-refractivity contribution in [3.8, 4) is 0 Å². The maximum atomic E-state index is 12.8. The Hall–Kier alpha value is -2.93. The van der Waals surface area contributed by atoms with Gasteiger partial charge in [-0.1, -0.05) is 35.9 Å². The number of anilines is 1. The molecule has 0 bridgehead atoms. The number of ether oxygens (including phenoxy) is 1. The smallest absolute Gasteiger partial charge is 0.259 e. The Morgan fingerprint density at radius 1 is 1.17 bits per heavy atom. The summed E-state index contributed by atoms with van der Waals surface area (Å²) < 4.78 is 7.26. The van der Waals surface area contributed by atoms with Crippen molar-refractivity contribution in [2.24, 2.45) is 0 Å². The summed E-state index contributed by atoms with van der Waals surface area (Å²) in [5.74, 6) is 0.460. The van der Waals surface area contributed by atoms with E-state index < -0.39 is 6.10 Å². The van der Waals surface area contributed by atoms with Crippen molar-refractivity contribution in [1.29, 1.82) is 0 Å². The molecule has 1 aliphatic rings. The molecule has 0 unspecified atom stereocenters. The number of amides is 2. The van der Waals surface area contributed by atoms with Crippen LogP contribution < -0.4 is 5.32 Å². The quantitative estimate of drug-likeness (QED) is 0.760. The average molecular weight is 396 g/mol. The van der Waals surface area contributed by atoms with E-state index in [-0.39, 0.29) is 17.9 Å². The number of likely N-dealkylation sites (tertiary alicyclic amines) is 1. The Kier molecular flexibility index (Phi) is 6.82. The second-order valence-electron chi connectivity index (χ2n) is 7.45. The molecule has 1 fully saturated rings. The molecule has 1 saturated heterocycles. The third kappa shape index (κ3) is 5.12. The molecule has 0 aliphatic carbocycles. The molecular formula is C22H28N4O3. The van der Waals surface area contributed by atoms with E-state index in [1.54, 1.807) is 18.3 Å². The number of allylic oxidation sites excluding steroid dienone is 1. The van der Waals surface area contributed by atoms with Crippen LogP contribution in [-0.2, 0) is 14.3 Å². The van der Waals surface area contributed by atoms with Gasteiger partial charge in [0.05, 0.1) is 12.2 Å². The summed E-state index contributed by atoms with van der Waals surface area (Å²) >= 11 is 0. The van der Waals surface area contributed by atoms with Crippen LogP contribution in [0.4, 0.5) is 5.82 Å². The first-order chi connectivity index (χ1) is 14.0. The molecule has 1 N–H and O–H groups in total. The van der Waals surface area contributed by atoms with Gasteiger partial charge in [0.25, 0.3) is 5.91 Å². The number of nitrogens with one attached hydrogen (secondary N) is 1. The molecule has 3 rings (SSSR count). The number of hydrogen-bond donors (Lipinski definition) is 1. The van der Waals surface area contributed by atoms with Gasteiger partial charge in [0, 0.05) is 32.3 Å². The lowest BCUT2D eigenvalue weighted by molar-refractivity contribution is -0.127. The Balaban J connectivity index is 1.65. The molecule has 154 valence electrons. The van der Waals surface area contributed by atoms with Gasteiger partial charge in [-0.05, 0) is 32.3 Å². The Labute approximate surface area is 171 Å². The van der Waals surface area contributed by atoms with E-state index in [1.165, 1.54) is 7.11 Å². The Morgan fingerprint density at radius 2 is 1.86 bits per heavy atom. The first-order valence-corrected chi connectivity index (χ1v) is 9.85. The highest BCUT2D eigenvalue weighted by atomic mass is 16.5. The molecule has 1 atom stereocenters. The summed E-state index contributed by atoms with van der Waals surface area (Å²) in [5, 5.41) is 7.36. The first kappa shape index (κ1) is 20.8. The number of carbonyl (C=O) groups is 2. The fourth-order valence-electron chi connectivity index (χ4n) is 3.59. The fourth-order valence-corrected chi connectivity index (χ4v) is 3.59. The minimum absolute atomic E-state index is 0.0586. The molecule has 0 spiro atoms. The minimum atomic E-state index is -0.692. The molecule has 29 heavy (non-hydrogen) atoms. The number of rotatable bonds is 6. The van der Waals surface area contributed by atoms with E-state index in [0.29, 0.717) is 18.9 Å². The van der Waals surface area contributed by atoms with E-state index in [1.807, 2.05) is 53.8 Å². The molecule has 1 aliphatic heterocycles. The van der Waals surface area contributed by atoms with Crippen LogP contribution in [0.5, 0.6) is 0 Å². The minimum Gasteiger partial charge on any atom is -0.367 e. The van der Waals surface area contributed by atoms with Gasteiger partial charge in [-0.25, -0.2) is 4.68 Å². The third-order valence-electron chi connectivity index (χ3n) is 5.03. The molecule has 7 nitrogen and oxygen atoms in total. The fraction of sp³-hybridized carbons (Fsp3) is 0.409. The molecule has 2 heterocycles. The first-order valence-electron chi connectivity index (χ1n) is 9.85. The SMILES string of the molecule is CO[C@@H](C(=O)Nc1ccnn1C1CCN(C(=O)C=C(C)C)CC1)c1ccccc1. The van der Waals surface area contributed by atoms with Crippen molar-refractivity contribution >= 4 is 17.6 Å². The van der Waals surface area contributed by atoms with Crippen LogP contribution in [0.25, 0.3) is 0 Å². The van der Waals surface area contributed by atoms with Crippen LogP contribution in [0.3, 0.4) is 0 Å². The van der Waals surface area contributed by atoms with E-state index in [9.17, 15) is 9.59 Å². The van der Waals surface area contributed by atoms with Crippen LogP contribution in [0.1, 0.15) is 44.4 Å². The monoisotopic (exact) mass is 396 g/mol. The van der Waals surface area contributed by atoms with Crippen molar-refractivity contribution in [3.63, 3.8) is 0 Å². The lowest BCUT2D eigenvalue weighted by Gasteiger charge is -2.32. The summed E-state index contributed by atoms with van der Waals surface area (Å²) in [5.41, 5.74) is 1.80. The number of piperidine rings is 1. The summed E-state index contributed by atoms with van der Waals surface area (Å²) in [6, 6.07) is 11.3. The number of benzene rings is 1. The zero-order valence-electron chi connectivity index (χ0n) is 17.2. The van der Waals surface area contributed by atoms with Gasteiger partial charge in [0.15, 0.2) is 6.10 Å². The lowest BCUT2D eigenvalue weighted by atomic mass is 10.0. The third-order valence-corrected chi connectivity index (χ3v) is 5.03. The summed E-state index contributed by atoms with van der Waals surface area (Å²) in [6.45, 7) is 5.19. The van der Waals surface area contributed by atoms with Gasteiger partial charge in [-0.2, -0.15) is 5.10 Å². The Bertz CT molecular complexity index is 863. The van der Waals surface area contributed by atoms with Crippen LogP contribution >= 0.6 is 0 Å². The van der Waals surface area contributed by atoms with E-state index in [2.05, 4.69) is 10.4 Å². The molecule has 1 aromatic heterocycles. The number of nitrogens with zero attached hydrogens (tertiary/aromatic N) is 3. The van der Waals surface area contributed by atoms with Gasteiger partial charge in [0.1, 0.15) is 5.82 Å². The van der Waals surface area contributed by atoms with Gasteiger partial charge < -0.3 is 15.0 Å². The normalized spacial score (nSPS) is 15.6.